The van der Waals surface area contributed by atoms with Crippen LogP contribution in [0, 0.1) is 0 Å². The van der Waals surface area contributed by atoms with Crippen molar-refractivity contribution in [3.63, 3.8) is 0 Å². The number of fused-ring (bicyclic) bond motifs is 2. The third kappa shape index (κ3) is 8.73. The molecule has 2 aromatic heterocycles. The molecule has 17 heteroatoms. The molecular weight excluding hydrogens is 784 g/mol. The molecule has 1 fully saturated rings. The average molecular weight is 822 g/mol. The maximum atomic E-state index is 13.8. The molecule has 0 spiro atoms. The van der Waals surface area contributed by atoms with Gasteiger partial charge >= 0.3 is 12.4 Å². The summed E-state index contributed by atoms with van der Waals surface area (Å²) in [6.45, 7) is 6.40. The van der Waals surface area contributed by atoms with E-state index in [1.165, 1.54) is 30.5 Å². The molecule has 1 aliphatic heterocycles. The van der Waals surface area contributed by atoms with Gasteiger partial charge in [0.2, 0.25) is 10.9 Å². The number of aromatic amines is 2. The number of carbonyl (C=O) groups excluding carboxylic acids is 2. The van der Waals surface area contributed by atoms with Gasteiger partial charge in [0.05, 0.1) is 33.1 Å². The van der Waals surface area contributed by atoms with Crippen molar-refractivity contribution in [2.24, 2.45) is 0 Å². The number of anilines is 3. The Morgan fingerprint density at radius 1 is 0.746 bits per heavy atom. The molecule has 6 aromatic rings. The monoisotopic (exact) mass is 821 g/mol. The predicted molar refractivity (Wildman–Crippen MR) is 211 cm³/mol. The molecule has 0 bridgehead atoms. The number of alkyl halides is 6. The molecule has 11 nitrogen and oxygen atoms in total. The first-order valence-corrected chi connectivity index (χ1v) is 18.2. The summed E-state index contributed by atoms with van der Waals surface area (Å²) in [7, 11) is 0. The molecule has 2 amide bonds. The third-order valence-corrected chi connectivity index (χ3v) is 9.94. The van der Waals surface area contributed by atoms with E-state index in [-0.39, 0.29) is 39.9 Å². The number of aromatic hydroxyl groups is 2. The van der Waals surface area contributed by atoms with Gasteiger partial charge in [0.1, 0.15) is 22.6 Å². The number of hydrogen-bond acceptors (Lipinski definition) is 7. The van der Waals surface area contributed by atoms with Gasteiger partial charge in [-0.1, -0.05) is 32.0 Å². The average Bonchev–Trinajstić information content (AvgIpc) is 3.60. The number of aromatic nitrogens is 2. The second-order valence-corrected chi connectivity index (χ2v) is 14.2. The molecule has 0 saturated carbocycles. The second-order valence-electron chi connectivity index (χ2n) is 14.2. The van der Waals surface area contributed by atoms with E-state index in [2.05, 4.69) is 15.3 Å². The van der Waals surface area contributed by atoms with Gasteiger partial charge in [-0.2, -0.15) is 26.3 Å². The summed E-state index contributed by atoms with van der Waals surface area (Å²) in [6, 6.07) is 16.0. The number of nitrogens with zero attached hydrogens (tertiary/aromatic N) is 1. The van der Waals surface area contributed by atoms with Gasteiger partial charge in [0.25, 0.3) is 11.8 Å². The van der Waals surface area contributed by atoms with Crippen LogP contribution in [0.3, 0.4) is 0 Å². The van der Waals surface area contributed by atoms with Gasteiger partial charge < -0.3 is 35.7 Å². The largest absolute Gasteiger partial charge is 0.508 e. The third-order valence-electron chi connectivity index (χ3n) is 9.94. The number of hydrogen-bond donors (Lipinski definition) is 6. The minimum atomic E-state index is -4.87. The van der Waals surface area contributed by atoms with Crippen LogP contribution in [0.2, 0.25) is 0 Å². The Morgan fingerprint density at radius 3 is 1.92 bits per heavy atom. The number of benzene rings is 4. The van der Waals surface area contributed by atoms with E-state index < -0.39 is 62.8 Å². The first kappa shape index (κ1) is 41.8. The Bertz CT molecular complexity index is 2710. The first-order chi connectivity index (χ1) is 27.8. The number of pyridine rings is 2. The second kappa shape index (κ2) is 16.2. The minimum Gasteiger partial charge on any atom is -0.508 e. The Hall–Kier alpha value is -6.78. The van der Waals surface area contributed by atoms with Gasteiger partial charge in [-0.3, -0.25) is 19.2 Å². The van der Waals surface area contributed by atoms with Gasteiger partial charge in [-0.25, -0.2) is 0 Å². The summed E-state index contributed by atoms with van der Waals surface area (Å²) in [5, 5.41) is 23.8. The van der Waals surface area contributed by atoms with Gasteiger partial charge in [-0.05, 0) is 79.8 Å². The fourth-order valence-corrected chi connectivity index (χ4v) is 6.96. The number of nitrogens with one attached hydrogen (secondary N) is 4. The topological polar surface area (TPSA) is 168 Å². The van der Waals surface area contributed by atoms with Crippen LogP contribution in [0.15, 0.2) is 94.8 Å². The summed E-state index contributed by atoms with van der Waals surface area (Å²) >= 11 is 0. The Balaban J connectivity index is 0.000000208. The molecule has 0 radical (unpaired) electrons. The molecule has 7 rings (SSSR count). The van der Waals surface area contributed by atoms with E-state index in [1.807, 2.05) is 31.0 Å². The molecule has 4 aromatic carbocycles. The number of phenolic OH excluding ortho intramolecular Hbond substituents is 2. The smallest absolute Gasteiger partial charge is 0.418 e. The van der Waals surface area contributed by atoms with Crippen LogP contribution in [0.5, 0.6) is 11.5 Å². The van der Waals surface area contributed by atoms with Crippen molar-refractivity contribution in [3.8, 4) is 11.5 Å². The Morgan fingerprint density at radius 2 is 1.34 bits per heavy atom. The fraction of sp³-hybridized carbons (Fsp3) is 0.238. The Labute approximate surface area is 331 Å². The summed E-state index contributed by atoms with van der Waals surface area (Å²) < 4.78 is 81.4. The van der Waals surface area contributed by atoms with Crippen molar-refractivity contribution in [2.75, 3.05) is 22.1 Å². The van der Waals surface area contributed by atoms with Crippen molar-refractivity contribution in [3.05, 3.63) is 133 Å². The van der Waals surface area contributed by atoms with Crippen LogP contribution in [0.25, 0.3) is 21.8 Å². The highest BCUT2D eigenvalue weighted by Crippen LogP contribution is 2.39. The van der Waals surface area contributed by atoms with Crippen LogP contribution in [-0.4, -0.2) is 44.6 Å². The molecule has 6 N–H and O–H groups in total. The maximum absolute atomic E-state index is 13.8. The molecule has 308 valence electrons. The molecular formula is C42H37F6N5O6. The van der Waals surface area contributed by atoms with Crippen LogP contribution in [0.1, 0.15) is 76.9 Å². The normalized spacial score (nSPS) is 14.3. The van der Waals surface area contributed by atoms with E-state index in [4.69, 9.17) is 0 Å². The molecule has 0 aliphatic carbocycles. The lowest BCUT2D eigenvalue weighted by Crippen LogP contribution is -2.27. The number of rotatable bonds is 6. The zero-order chi connectivity index (χ0) is 43.0. The number of phenols is 2. The first-order valence-electron chi connectivity index (χ1n) is 18.2. The zero-order valence-corrected chi connectivity index (χ0v) is 31.6. The summed E-state index contributed by atoms with van der Waals surface area (Å²) in [4.78, 5) is 57.5. The SMILES string of the molecule is CC(C)c1ccc(NC(=O)c2c[nH]c3cccc(O)c3c2=O)cc1O.C[C@@H]1CCCN1c1ccc(NC(=O)c2c[nH]c3cccc(C(F)(F)F)c3c2=O)c(C(F)(F)F)c1. The van der Waals surface area contributed by atoms with Crippen molar-refractivity contribution in [2.45, 2.75) is 57.9 Å². The number of halogens is 6. The Kier molecular flexibility index (Phi) is 11.5. The number of carbonyl (C=O) groups is 2. The van der Waals surface area contributed by atoms with Gasteiger partial charge in [0.15, 0.2) is 0 Å². The van der Waals surface area contributed by atoms with Gasteiger partial charge in [-0.15, -0.1) is 0 Å². The predicted octanol–water partition coefficient (Wildman–Crippen LogP) is 9.12. The van der Waals surface area contributed by atoms with Crippen LogP contribution >= 0.6 is 0 Å². The lowest BCUT2D eigenvalue weighted by Gasteiger charge is -2.25. The van der Waals surface area contributed by atoms with E-state index in [0.717, 1.165) is 42.8 Å². The van der Waals surface area contributed by atoms with Crippen LogP contribution in [0.4, 0.5) is 43.4 Å². The minimum absolute atomic E-state index is 0.0560. The molecule has 1 aliphatic rings. The van der Waals surface area contributed by atoms with E-state index in [0.29, 0.717) is 29.5 Å². The van der Waals surface area contributed by atoms with Crippen LogP contribution < -0.4 is 26.4 Å². The van der Waals surface area contributed by atoms with Crippen LogP contribution in [-0.2, 0) is 12.4 Å². The van der Waals surface area contributed by atoms with Crippen molar-refractivity contribution < 1.29 is 46.1 Å². The quantitative estimate of drug-likeness (QED) is 0.0912. The molecule has 1 saturated heterocycles. The standard InChI is InChI=1S/C23H19F6N3O2.C19H18N2O4/c1-12-4-3-9-32(12)13-7-8-17(16(10-13)23(27,28)29)31-21(34)14-11-30-18-6-2-5-15(22(24,25)26)19(18)20(14)33;1-10(2)12-7-6-11(8-16(12)23)21-19(25)13-9-20-14-4-3-5-15(22)17(14)18(13)24/h2,5-8,10-12H,3-4,9H2,1H3,(H,30,33)(H,31,34);3-10,22-23H,1-2H3,(H,20,24)(H,21,25)/t12-;/m1./s1. The highest BCUT2D eigenvalue weighted by atomic mass is 19.4. The highest BCUT2D eigenvalue weighted by Gasteiger charge is 2.37. The molecule has 0 unspecified atom stereocenters. The lowest BCUT2D eigenvalue weighted by atomic mass is 10.0. The van der Waals surface area contributed by atoms with E-state index in [9.17, 15) is 55.7 Å². The zero-order valence-electron chi connectivity index (χ0n) is 31.6. The summed E-state index contributed by atoms with van der Waals surface area (Å²) in [5.74, 6) is -1.84. The number of H-pyrrole nitrogens is 2. The maximum Gasteiger partial charge on any atom is 0.418 e. The highest BCUT2D eigenvalue weighted by molar-refractivity contribution is 6.07. The fourth-order valence-electron chi connectivity index (χ4n) is 6.96. The van der Waals surface area contributed by atoms with Crippen molar-refractivity contribution >= 4 is 50.7 Å². The molecule has 59 heavy (non-hydrogen) atoms. The summed E-state index contributed by atoms with van der Waals surface area (Å²) in [5.41, 5.74) is -3.86. The molecule has 3 heterocycles. The molecule has 1 atom stereocenters. The van der Waals surface area contributed by atoms with Crippen molar-refractivity contribution in [1.29, 1.82) is 0 Å². The lowest BCUT2D eigenvalue weighted by molar-refractivity contribution is -0.137. The van der Waals surface area contributed by atoms with E-state index >= 15 is 0 Å². The summed E-state index contributed by atoms with van der Waals surface area (Å²) in [6.07, 6.45) is -5.82. The van der Waals surface area contributed by atoms with Crippen molar-refractivity contribution in [1.82, 2.24) is 9.97 Å². The van der Waals surface area contributed by atoms with Gasteiger partial charge in [0, 0.05) is 47.9 Å². The number of amides is 2. The van der Waals surface area contributed by atoms with E-state index in [1.54, 1.807) is 24.3 Å².